The summed E-state index contributed by atoms with van der Waals surface area (Å²) >= 11 is 0. The van der Waals surface area contributed by atoms with E-state index in [9.17, 15) is 9.90 Å². The zero-order chi connectivity index (χ0) is 30.8. The molecule has 0 amide bonds. The fraction of sp³-hybridized carbons (Fsp3) is 0.455. The van der Waals surface area contributed by atoms with Crippen molar-refractivity contribution in [3.05, 3.63) is 82.0 Å². The van der Waals surface area contributed by atoms with Crippen LogP contribution in [0.15, 0.2) is 59.7 Å². The number of hydrogen-bond acceptors (Lipinski definition) is 8. The van der Waals surface area contributed by atoms with Crippen LogP contribution >= 0.6 is 0 Å². The summed E-state index contributed by atoms with van der Waals surface area (Å²) in [6.45, 7) is 7.57. The number of tetrazole rings is 1. The van der Waals surface area contributed by atoms with E-state index in [-0.39, 0.29) is 23.8 Å². The van der Waals surface area contributed by atoms with Gasteiger partial charge in [0.2, 0.25) is 5.78 Å². The molecule has 0 bridgehead atoms. The van der Waals surface area contributed by atoms with E-state index in [0.717, 1.165) is 72.0 Å². The van der Waals surface area contributed by atoms with Crippen LogP contribution in [0.1, 0.15) is 82.7 Å². The average molecular weight is 597 g/mol. The molecule has 1 unspecified atom stereocenters. The van der Waals surface area contributed by atoms with Crippen molar-refractivity contribution in [3.63, 3.8) is 0 Å². The third-order valence-electron chi connectivity index (χ3n) is 8.89. The molecule has 2 N–H and O–H groups in total. The zero-order valence-electron chi connectivity index (χ0n) is 25.8. The first-order valence-electron chi connectivity index (χ1n) is 15.5. The van der Waals surface area contributed by atoms with Gasteiger partial charge in [0.1, 0.15) is 6.33 Å². The molecule has 5 aromatic rings. The minimum atomic E-state index is -0.901. The van der Waals surface area contributed by atoms with Crippen molar-refractivity contribution >= 4 is 5.78 Å². The molecular formula is C33H40N8O3. The number of fused-ring (bicyclic) bond motifs is 1. The molecule has 1 aliphatic rings. The number of nitrogens with one attached hydrogen (secondary N) is 1. The summed E-state index contributed by atoms with van der Waals surface area (Å²) in [5.41, 5.74) is 4.82. The maximum atomic E-state index is 14.3. The molecule has 1 aliphatic carbocycles. The molecule has 44 heavy (non-hydrogen) atoms. The number of hydrogen-bond donors (Lipinski definition) is 2. The Balaban J connectivity index is 1.30. The lowest BCUT2D eigenvalue weighted by atomic mass is 9.91. The Labute approximate surface area is 256 Å². The summed E-state index contributed by atoms with van der Waals surface area (Å²) in [6, 6.07) is 16.3. The first-order chi connectivity index (χ1) is 21.2. The number of aryl methyl sites for hydroxylation is 1. The largest absolute Gasteiger partial charge is 0.388 e. The van der Waals surface area contributed by atoms with Gasteiger partial charge in [-0.15, -0.1) is 5.10 Å². The Morgan fingerprint density at radius 3 is 2.45 bits per heavy atom. The highest BCUT2D eigenvalue weighted by molar-refractivity contribution is 5.80. The molecule has 1 fully saturated rings. The molecule has 11 nitrogen and oxygen atoms in total. The SMILES string of the molecule is CCCc1c(Cc2ccc(-c3ccccc3-c3nnn[nH]3)cc2)c(=O)n([C@H]2CC[C@H](OC(C)C(C)(C)O)CC2)c2ncnn12. The monoisotopic (exact) mass is 596 g/mol. The quantitative estimate of drug-likeness (QED) is 0.231. The van der Waals surface area contributed by atoms with Gasteiger partial charge < -0.3 is 9.84 Å². The lowest BCUT2D eigenvalue weighted by molar-refractivity contribution is -0.118. The van der Waals surface area contributed by atoms with Crippen LogP contribution in [0.4, 0.5) is 0 Å². The van der Waals surface area contributed by atoms with Crippen molar-refractivity contribution in [2.75, 3.05) is 0 Å². The van der Waals surface area contributed by atoms with Gasteiger partial charge in [-0.25, -0.2) is 9.61 Å². The molecule has 230 valence electrons. The highest BCUT2D eigenvalue weighted by Crippen LogP contribution is 2.33. The first kappa shape index (κ1) is 29.8. The predicted molar refractivity (Wildman–Crippen MR) is 167 cm³/mol. The van der Waals surface area contributed by atoms with Gasteiger partial charge in [-0.2, -0.15) is 10.1 Å². The fourth-order valence-electron chi connectivity index (χ4n) is 6.19. The van der Waals surface area contributed by atoms with Crippen LogP contribution in [0, 0.1) is 0 Å². The highest BCUT2D eigenvalue weighted by atomic mass is 16.5. The number of nitrogens with zero attached hydrogens (tertiary/aromatic N) is 7. The average Bonchev–Trinajstić information content (AvgIpc) is 3.73. The molecular weight excluding hydrogens is 556 g/mol. The van der Waals surface area contributed by atoms with Gasteiger partial charge >= 0.3 is 0 Å². The molecule has 3 aromatic heterocycles. The maximum absolute atomic E-state index is 14.3. The van der Waals surface area contributed by atoms with Gasteiger partial charge in [-0.3, -0.25) is 9.36 Å². The standard InChI is InChI=1S/C33H40N8O3/c1-5-8-29-28(19-22-11-13-23(14-12-22)26-9-6-7-10-27(26)30-36-38-39-37-30)31(42)40(32-34-20-35-41(29)32)24-15-17-25(18-16-24)44-21(2)33(3,4)43/h6-7,9-14,20-21,24-25,43H,5,8,15-19H2,1-4H3,(H,36,37,38,39)/t21?,24-,25-. The molecule has 0 aliphatic heterocycles. The predicted octanol–water partition coefficient (Wildman–Crippen LogP) is 4.94. The van der Waals surface area contributed by atoms with Crippen molar-refractivity contribution in [2.45, 2.75) is 96.5 Å². The van der Waals surface area contributed by atoms with Gasteiger partial charge in [0.25, 0.3) is 5.56 Å². The van der Waals surface area contributed by atoms with Crippen LogP contribution in [-0.2, 0) is 17.6 Å². The molecule has 0 spiro atoms. The zero-order valence-corrected chi connectivity index (χ0v) is 25.8. The van der Waals surface area contributed by atoms with E-state index >= 15 is 0 Å². The minimum Gasteiger partial charge on any atom is -0.388 e. The van der Waals surface area contributed by atoms with Crippen molar-refractivity contribution in [2.24, 2.45) is 0 Å². The Morgan fingerprint density at radius 1 is 1.07 bits per heavy atom. The summed E-state index contributed by atoms with van der Waals surface area (Å²) in [6.07, 6.45) is 6.68. The molecule has 6 rings (SSSR count). The Bertz CT molecular complexity index is 1760. The summed E-state index contributed by atoms with van der Waals surface area (Å²) < 4.78 is 9.92. The molecule has 0 saturated heterocycles. The molecule has 1 atom stereocenters. The van der Waals surface area contributed by atoms with Crippen molar-refractivity contribution in [1.82, 2.24) is 39.8 Å². The van der Waals surface area contributed by atoms with Crippen LogP contribution in [0.25, 0.3) is 28.3 Å². The third-order valence-corrected chi connectivity index (χ3v) is 8.89. The summed E-state index contributed by atoms with van der Waals surface area (Å²) in [5.74, 6) is 1.22. The van der Waals surface area contributed by atoms with Crippen molar-refractivity contribution in [1.29, 1.82) is 0 Å². The van der Waals surface area contributed by atoms with Crippen LogP contribution in [0.5, 0.6) is 0 Å². The summed E-state index contributed by atoms with van der Waals surface area (Å²) in [5, 5.41) is 29.3. The number of aromatic amines is 1. The van der Waals surface area contributed by atoms with Gasteiger partial charge in [-0.05, 0) is 80.0 Å². The molecule has 11 heteroatoms. The number of aliphatic hydroxyl groups is 1. The lowest BCUT2D eigenvalue weighted by Crippen LogP contribution is -2.40. The van der Waals surface area contributed by atoms with E-state index in [1.165, 1.54) is 0 Å². The summed E-state index contributed by atoms with van der Waals surface area (Å²) in [4.78, 5) is 18.9. The molecule has 0 radical (unpaired) electrons. The van der Waals surface area contributed by atoms with E-state index in [1.807, 2.05) is 34.2 Å². The van der Waals surface area contributed by atoms with Gasteiger partial charge in [0.15, 0.2) is 5.82 Å². The second kappa shape index (κ2) is 12.4. The number of aromatic nitrogens is 8. The Hall–Kier alpha value is -4.22. The number of rotatable bonds is 10. The number of H-pyrrole nitrogens is 1. The molecule has 1 saturated carbocycles. The fourth-order valence-corrected chi connectivity index (χ4v) is 6.19. The normalized spacial score (nSPS) is 18.1. The van der Waals surface area contributed by atoms with Gasteiger partial charge in [0.05, 0.1) is 23.5 Å². The highest BCUT2D eigenvalue weighted by Gasteiger charge is 2.31. The topological polar surface area (TPSA) is 136 Å². The van der Waals surface area contributed by atoms with Crippen LogP contribution in [0.3, 0.4) is 0 Å². The van der Waals surface area contributed by atoms with Crippen LogP contribution in [0.2, 0.25) is 0 Å². The number of ether oxygens (including phenoxy) is 1. The Kier molecular flexibility index (Phi) is 8.42. The number of benzene rings is 2. The van der Waals surface area contributed by atoms with Crippen LogP contribution < -0.4 is 5.56 Å². The van der Waals surface area contributed by atoms with E-state index in [2.05, 4.69) is 68.0 Å². The summed E-state index contributed by atoms with van der Waals surface area (Å²) in [7, 11) is 0. The smallest absolute Gasteiger partial charge is 0.259 e. The maximum Gasteiger partial charge on any atom is 0.259 e. The second-order valence-corrected chi connectivity index (χ2v) is 12.4. The lowest BCUT2D eigenvalue weighted by Gasteiger charge is -2.35. The van der Waals surface area contributed by atoms with Crippen molar-refractivity contribution in [3.8, 4) is 22.5 Å². The van der Waals surface area contributed by atoms with Gasteiger partial charge in [-0.1, -0.05) is 61.9 Å². The Morgan fingerprint density at radius 2 is 1.80 bits per heavy atom. The van der Waals surface area contributed by atoms with E-state index in [0.29, 0.717) is 18.0 Å². The molecule has 3 heterocycles. The van der Waals surface area contributed by atoms with Gasteiger partial charge in [0, 0.05) is 23.6 Å². The first-order valence-corrected chi connectivity index (χ1v) is 15.5. The third kappa shape index (κ3) is 5.94. The van der Waals surface area contributed by atoms with E-state index < -0.39 is 5.60 Å². The van der Waals surface area contributed by atoms with Crippen LogP contribution in [-0.4, -0.2) is 62.7 Å². The second-order valence-electron chi connectivity index (χ2n) is 12.4. The van der Waals surface area contributed by atoms with E-state index in [4.69, 9.17) is 4.74 Å². The van der Waals surface area contributed by atoms with Crippen molar-refractivity contribution < 1.29 is 9.84 Å². The van der Waals surface area contributed by atoms with E-state index in [1.54, 1.807) is 20.2 Å². The molecule has 2 aromatic carbocycles. The minimum absolute atomic E-state index is 0.00498.